The Morgan fingerprint density at radius 1 is 0.966 bits per heavy atom. The molecule has 0 aliphatic rings. The van der Waals surface area contributed by atoms with Crippen molar-refractivity contribution in [3.8, 4) is 11.4 Å². The van der Waals surface area contributed by atoms with Crippen LogP contribution in [0.3, 0.4) is 0 Å². The molecule has 0 fully saturated rings. The van der Waals surface area contributed by atoms with E-state index >= 15 is 0 Å². The fourth-order valence-corrected chi connectivity index (χ4v) is 3.67. The van der Waals surface area contributed by atoms with Crippen LogP contribution < -0.4 is 14.8 Å². The molecule has 8 heteroatoms. The molecule has 0 bridgehead atoms. The number of benzene rings is 2. The Bertz CT molecular complexity index is 1130. The van der Waals surface area contributed by atoms with Gasteiger partial charge in [-0.05, 0) is 68.4 Å². The molecule has 1 heterocycles. The zero-order valence-electron chi connectivity index (χ0n) is 16.7. The van der Waals surface area contributed by atoms with Crippen LogP contribution in [0.4, 0.5) is 11.4 Å². The predicted molar refractivity (Wildman–Crippen MR) is 115 cm³/mol. The quantitative estimate of drug-likeness (QED) is 0.644. The van der Waals surface area contributed by atoms with Crippen LogP contribution in [-0.2, 0) is 10.0 Å². The number of methoxy groups -OCH3 is 1. The zero-order valence-corrected chi connectivity index (χ0v) is 17.5. The number of sulfonamides is 1. The summed E-state index contributed by atoms with van der Waals surface area (Å²) in [5.74, 6) is 0.0585. The summed E-state index contributed by atoms with van der Waals surface area (Å²) in [7, 11) is -2.04. The summed E-state index contributed by atoms with van der Waals surface area (Å²) in [5, 5.41) is 2.78. The lowest BCUT2D eigenvalue weighted by molar-refractivity contribution is 0.102. The van der Waals surface area contributed by atoms with E-state index in [2.05, 4.69) is 14.6 Å². The van der Waals surface area contributed by atoms with Gasteiger partial charge in [-0.15, -0.1) is 0 Å². The highest BCUT2D eigenvalue weighted by molar-refractivity contribution is 7.92. The van der Waals surface area contributed by atoms with Crippen molar-refractivity contribution in [2.24, 2.45) is 0 Å². The molecule has 3 aromatic rings. The topological polar surface area (TPSA) is 89.4 Å². The summed E-state index contributed by atoms with van der Waals surface area (Å²) >= 11 is 0. The Morgan fingerprint density at radius 3 is 2.14 bits per heavy atom. The van der Waals surface area contributed by atoms with Gasteiger partial charge in [0.2, 0.25) is 10.0 Å². The van der Waals surface area contributed by atoms with Gasteiger partial charge in [0.1, 0.15) is 5.75 Å². The van der Waals surface area contributed by atoms with Crippen molar-refractivity contribution in [2.45, 2.75) is 13.8 Å². The third-order valence-corrected chi connectivity index (χ3v) is 5.00. The van der Waals surface area contributed by atoms with E-state index in [0.29, 0.717) is 17.0 Å². The van der Waals surface area contributed by atoms with Gasteiger partial charge in [-0.1, -0.05) is 0 Å². The lowest BCUT2D eigenvalue weighted by Crippen LogP contribution is -2.14. The van der Waals surface area contributed by atoms with E-state index in [1.807, 2.05) is 38.1 Å². The molecule has 0 radical (unpaired) electrons. The summed E-state index contributed by atoms with van der Waals surface area (Å²) < 4.78 is 32.7. The van der Waals surface area contributed by atoms with E-state index in [0.717, 1.165) is 23.3 Å². The number of amides is 1. The molecular formula is C21H23N3O4S. The van der Waals surface area contributed by atoms with Crippen molar-refractivity contribution < 1.29 is 17.9 Å². The molecule has 1 aromatic heterocycles. The molecule has 0 aliphatic heterocycles. The monoisotopic (exact) mass is 413 g/mol. The van der Waals surface area contributed by atoms with Crippen molar-refractivity contribution >= 4 is 27.3 Å². The molecule has 0 aliphatic carbocycles. The van der Waals surface area contributed by atoms with E-state index in [4.69, 9.17) is 4.74 Å². The van der Waals surface area contributed by atoms with Gasteiger partial charge in [0.15, 0.2) is 0 Å². The number of carbonyl (C=O) groups excluding carboxylic acids is 1. The first-order chi connectivity index (χ1) is 13.7. The van der Waals surface area contributed by atoms with Gasteiger partial charge in [-0.2, -0.15) is 0 Å². The number of nitrogens with one attached hydrogen (secondary N) is 2. The average Bonchev–Trinajstić information content (AvgIpc) is 2.99. The highest BCUT2D eigenvalue weighted by Crippen LogP contribution is 2.29. The van der Waals surface area contributed by atoms with Crippen molar-refractivity contribution in [3.05, 3.63) is 71.5 Å². The Balaban J connectivity index is 1.81. The molecule has 2 aromatic carbocycles. The van der Waals surface area contributed by atoms with Crippen LogP contribution in [0.5, 0.6) is 5.75 Å². The molecule has 3 rings (SSSR count). The van der Waals surface area contributed by atoms with Gasteiger partial charge in [0, 0.05) is 28.3 Å². The van der Waals surface area contributed by atoms with Gasteiger partial charge in [0.05, 0.1) is 19.1 Å². The number of aromatic nitrogens is 1. The molecule has 152 valence electrons. The minimum absolute atomic E-state index is 0.252. The molecule has 0 saturated heterocycles. The third kappa shape index (κ3) is 4.78. The molecule has 0 saturated carbocycles. The summed E-state index contributed by atoms with van der Waals surface area (Å²) in [6.45, 7) is 4.05. The highest BCUT2D eigenvalue weighted by Gasteiger charge is 2.12. The molecular weight excluding hydrogens is 390 g/mol. The summed E-state index contributed by atoms with van der Waals surface area (Å²) in [5.41, 5.74) is 4.40. The van der Waals surface area contributed by atoms with Gasteiger partial charge in [-0.25, -0.2) is 8.42 Å². The Hall–Kier alpha value is -3.26. The molecule has 7 nitrogen and oxygen atoms in total. The van der Waals surface area contributed by atoms with E-state index in [1.54, 1.807) is 24.3 Å². The zero-order chi connectivity index (χ0) is 21.2. The maximum Gasteiger partial charge on any atom is 0.255 e. The summed E-state index contributed by atoms with van der Waals surface area (Å²) in [6, 6.07) is 16.1. The number of rotatable bonds is 6. The fourth-order valence-electron chi connectivity index (χ4n) is 3.11. The Labute approximate surface area is 170 Å². The van der Waals surface area contributed by atoms with E-state index < -0.39 is 10.0 Å². The number of nitrogens with zero attached hydrogens (tertiary/aromatic N) is 1. The Kier molecular flexibility index (Phi) is 5.65. The maximum atomic E-state index is 12.6. The molecule has 0 unspecified atom stereocenters. The van der Waals surface area contributed by atoms with E-state index in [-0.39, 0.29) is 11.6 Å². The maximum absolute atomic E-state index is 12.6. The third-order valence-electron chi connectivity index (χ3n) is 4.41. The molecule has 1 amide bonds. The summed E-state index contributed by atoms with van der Waals surface area (Å²) in [6.07, 6.45) is 1.05. The predicted octanol–water partition coefficient (Wildman–Crippen LogP) is 3.73. The number of carbonyl (C=O) groups is 1. The minimum Gasteiger partial charge on any atom is -0.495 e. The van der Waals surface area contributed by atoms with Crippen LogP contribution in [0.1, 0.15) is 21.7 Å². The molecule has 0 atom stereocenters. The first kappa shape index (κ1) is 20.5. The first-order valence-corrected chi connectivity index (χ1v) is 10.8. The lowest BCUT2D eigenvalue weighted by atomic mass is 10.1. The van der Waals surface area contributed by atoms with Crippen molar-refractivity contribution in [1.82, 2.24) is 4.57 Å². The second-order valence-corrected chi connectivity index (χ2v) is 8.49. The van der Waals surface area contributed by atoms with Crippen LogP contribution >= 0.6 is 0 Å². The Morgan fingerprint density at radius 2 is 1.59 bits per heavy atom. The highest BCUT2D eigenvalue weighted by atomic mass is 32.2. The van der Waals surface area contributed by atoms with Gasteiger partial charge >= 0.3 is 0 Å². The number of ether oxygens (including phenoxy) is 1. The standard InChI is InChI=1S/C21H23N3O4S/c1-14-5-6-15(2)24(14)18-10-7-16(8-11-18)21(25)22-17-9-12-20(28-3)19(13-17)23-29(4,26)27/h5-13,23H,1-4H3,(H,22,25). The minimum atomic E-state index is -3.49. The van der Waals surface area contributed by atoms with Crippen LogP contribution in [-0.4, -0.2) is 32.3 Å². The van der Waals surface area contributed by atoms with Crippen molar-refractivity contribution in [2.75, 3.05) is 23.4 Å². The van der Waals surface area contributed by atoms with Crippen molar-refractivity contribution in [3.63, 3.8) is 0 Å². The molecule has 29 heavy (non-hydrogen) atoms. The van der Waals surface area contributed by atoms with E-state index in [1.165, 1.54) is 13.2 Å². The van der Waals surface area contributed by atoms with Crippen LogP contribution in [0.15, 0.2) is 54.6 Å². The van der Waals surface area contributed by atoms with Gasteiger partial charge < -0.3 is 14.6 Å². The number of hydrogen-bond donors (Lipinski definition) is 2. The SMILES string of the molecule is COc1ccc(NC(=O)c2ccc(-n3c(C)ccc3C)cc2)cc1NS(C)(=O)=O. The second kappa shape index (κ2) is 8.00. The normalized spacial score (nSPS) is 11.2. The van der Waals surface area contributed by atoms with Gasteiger partial charge in [-0.3, -0.25) is 9.52 Å². The lowest BCUT2D eigenvalue weighted by Gasteiger charge is -2.13. The van der Waals surface area contributed by atoms with Crippen molar-refractivity contribution in [1.29, 1.82) is 0 Å². The van der Waals surface area contributed by atoms with E-state index in [9.17, 15) is 13.2 Å². The first-order valence-electron chi connectivity index (χ1n) is 8.90. The molecule has 2 N–H and O–H groups in total. The van der Waals surface area contributed by atoms with Gasteiger partial charge in [0.25, 0.3) is 5.91 Å². The fraction of sp³-hybridized carbons (Fsp3) is 0.190. The summed E-state index contributed by atoms with van der Waals surface area (Å²) in [4.78, 5) is 12.6. The largest absolute Gasteiger partial charge is 0.495 e. The smallest absolute Gasteiger partial charge is 0.255 e. The van der Waals surface area contributed by atoms with Crippen LogP contribution in [0, 0.1) is 13.8 Å². The number of aryl methyl sites for hydroxylation is 2. The molecule has 0 spiro atoms. The number of hydrogen-bond acceptors (Lipinski definition) is 4. The van der Waals surface area contributed by atoms with Crippen LogP contribution in [0.2, 0.25) is 0 Å². The number of anilines is 2. The second-order valence-electron chi connectivity index (χ2n) is 6.74. The van der Waals surface area contributed by atoms with Crippen LogP contribution in [0.25, 0.3) is 5.69 Å². The average molecular weight is 413 g/mol.